The van der Waals surface area contributed by atoms with Gasteiger partial charge in [-0.15, -0.1) is 0 Å². The van der Waals surface area contributed by atoms with E-state index in [2.05, 4.69) is 10.3 Å². The van der Waals surface area contributed by atoms with Gasteiger partial charge >= 0.3 is 0 Å². The molecule has 146 valence electrons. The van der Waals surface area contributed by atoms with Gasteiger partial charge in [0.15, 0.2) is 0 Å². The number of carbonyl (C=O) groups excluding carboxylic acids is 1. The van der Waals surface area contributed by atoms with E-state index in [-0.39, 0.29) is 17.8 Å². The standard InChI is InChI=1S/C23H20FN3O2/c1-16(17-8-10-19(24)11-9-17)25-23(28)18-5-4-6-21(13-18)29-15-20-14-27-12-3-2-7-22(27)26-20/h2-14,16H,15H2,1H3,(H,25,28). The quantitative estimate of drug-likeness (QED) is 0.527. The van der Waals surface area contributed by atoms with Gasteiger partial charge in [0.05, 0.1) is 11.7 Å². The zero-order valence-corrected chi connectivity index (χ0v) is 15.9. The summed E-state index contributed by atoms with van der Waals surface area (Å²) in [5.41, 5.74) is 2.98. The number of rotatable bonds is 6. The molecule has 1 unspecified atom stereocenters. The van der Waals surface area contributed by atoms with Crippen LogP contribution < -0.4 is 10.1 Å². The van der Waals surface area contributed by atoms with Crippen molar-refractivity contribution in [3.8, 4) is 5.75 Å². The van der Waals surface area contributed by atoms with Gasteiger partial charge in [-0.25, -0.2) is 9.37 Å². The lowest BCUT2D eigenvalue weighted by Crippen LogP contribution is -2.26. The van der Waals surface area contributed by atoms with Gasteiger partial charge in [-0.3, -0.25) is 4.79 Å². The number of amides is 1. The molecule has 6 heteroatoms. The maximum Gasteiger partial charge on any atom is 0.251 e. The van der Waals surface area contributed by atoms with Crippen LogP contribution in [-0.4, -0.2) is 15.3 Å². The average Bonchev–Trinajstić information content (AvgIpc) is 3.16. The van der Waals surface area contributed by atoms with E-state index in [0.29, 0.717) is 17.9 Å². The number of fused-ring (bicyclic) bond motifs is 1. The van der Waals surface area contributed by atoms with Crippen molar-refractivity contribution in [1.29, 1.82) is 0 Å². The molecule has 2 heterocycles. The third-order valence-corrected chi connectivity index (χ3v) is 4.61. The molecule has 0 spiro atoms. The number of nitrogens with zero attached hydrogens (tertiary/aromatic N) is 2. The number of ether oxygens (including phenoxy) is 1. The molecule has 0 fully saturated rings. The highest BCUT2D eigenvalue weighted by molar-refractivity contribution is 5.94. The maximum atomic E-state index is 13.1. The minimum absolute atomic E-state index is 0.222. The van der Waals surface area contributed by atoms with Crippen molar-refractivity contribution in [3.63, 3.8) is 0 Å². The molecule has 0 bridgehead atoms. The first kappa shape index (κ1) is 18.7. The maximum absolute atomic E-state index is 13.1. The normalized spacial score (nSPS) is 11.9. The van der Waals surface area contributed by atoms with E-state index in [1.807, 2.05) is 41.9 Å². The number of benzene rings is 2. The third kappa shape index (κ3) is 4.43. The van der Waals surface area contributed by atoms with Crippen LogP contribution in [0.4, 0.5) is 4.39 Å². The second-order valence-corrected chi connectivity index (χ2v) is 6.76. The summed E-state index contributed by atoms with van der Waals surface area (Å²) < 4.78 is 20.8. The summed E-state index contributed by atoms with van der Waals surface area (Å²) in [4.78, 5) is 17.1. The fourth-order valence-electron chi connectivity index (χ4n) is 3.06. The number of pyridine rings is 1. The number of imidazole rings is 1. The van der Waals surface area contributed by atoms with E-state index in [0.717, 1.165) is 16.9 Å². The van der Waals surface area contributed by atoms with Crippen molar-refractivity contribution >= 4 is 11.6 Å². The summed E-state index contributed by atoms with van der Waals surface area (Å²) in [7, 11) is 0. The first-order valence-electron chi connectivity index (χ1n) is 9.30. The number of carbonyl (C=O) groups is 1. The van der Waals surface area contributed by atoms with Gasteiger partial charge in [-0.2, -0.15) is 0 Å². The molecule has 0 saturated carbocycles. The number of nitrogens with one attached hydrogen (secondary N) is 1. The number of aromatic nitrogens is 2. The van der Waals surface area contributed by atoms with E-state index < -0.39 is 0 Å². The van der Waals surface area contributed by atoms with Crippen LogP contribution >= 0.6 is 0 Å². The van der Waals surface area contributed by atoms with E-state index in [4.69, 9.17) is 4.74 Å². The van der Waals surface area contributed by atoms with E-state index in [1.165, 1.54) is 12.1 Å². The summed E-state index contributed by atoms with van der Waals surface area (Å²) in [6.07, 6.45) is 3.84. The van der Waals surface area contributed by atoms with Gasteiger partial charge in [0.2, 0.25) is 0 Å². The molecule has 0 aliphatic carbocycles. The number of halogens is 1. The predicted molar refractivity (Wildman–Crippen MR) is 108 cm³/mol. The summed E-state index contributed by atoms with van der Waals surface area (Å²) in [5, 5.41) is 2.92. The summed E-state index contributed by atoms with van der Waals surface area (Å²) in [6, 6.07) is 18.6. The van der Waals surface area contributed by atoms with Crippen molar-refractivity contribution < 1.29 is 13.9 Å². The number of hydrogen-bond acceptors (Lipinski definition) is 3. The Morgan fingerprint density at radius 3 is 2.76 bits per heavy atom. The zero-order valence-electron chi connectivity index (χ0n) is 15.9. The lowest BCUT2D eigenvalue weighted by molar-refractivity contribution is 0.0939. The molecular formula is C23H20FN3O2. The molecule has 1 amide bonds. The predicted octanol–water partition coefficient (Wildman–Crippen LogP) is 4.54. The Labute approximate surface area is 167 Å². The van der Waals surface area contributed by atoms with Gasteiger partial charge in [0.25, 0.3) is 5.91 Å². The van der Waals surface area contributed by atoms with Crippen LogP contribution in [0.3, 0.4) is 0 Å². The first-order chi connectivity index (χ1) is 14.1. The van der Waals surface area contributed by atoms with Gasteiger partial charge in [0, 0.05) is 18.0 Å². The van der Waals surface area contributed by atoms with Crippen LogP contribution in [0.5, 0.6) is 5.75 Å². The van der Waals surface area contributed by atoms with Gasteiger partial charge in [-0.05, 0) is 55.0 Å². The van der Waals surface area contributed by atoms with Crippen LogP contribution in [0.1, 0.15) is 34.6 Å². The molecule has 4 rings (SSSR count). The molecule has 2 aromatic heterocycles. The molecule has 5 nitrogen and oxygen atoms in total. The Kier molecular flexibility index (Phi) is 5.24. The van der Waals surface area contributed by atoms with Gasteiger partial charge < -0.3 is 14.5 Å². The molecule has 29 heavy (non-hydrogen) atoms. The Hall–Kier alpha value is -3.67. The molecule has 0 radical (unpaired) electrons. The second kappa shape index (κ2) is 8.14. The molecule has 0 aliphatic rings. The summed E-state index contributed by atoms with van der Waals surface area (Å²) in [6.45, 7) is 2.16. The molecule has 2 aromatic carbocycles. The fourth-order valence-corrected chi connectivity index (χ4v) is 3.06. The Balaban J connectivity index is 1.40. The van der Waals surface area contributed by atoms with Crippen LogP contribution in [0.15, 0.2) is 79.1 Å². The highest BCUT2D eigenvalue weighted by Crippen LogP contribution is 2.18. The fraction of sp³-hybridized carbons (Fsp3) is 0.130. The highest BCUT2D eigenvalue weighted by atomic mass is 19.1. The van der Waals surface area contributed by atoms with Crippen LogP contribution in [0.2, 0.25) is 0 Å². The lowest BCUT2D eigenvalue weighted by Gasteiger charge is -2.15. The third-order valence-electron chi connectivity index (χ3n) is 4.61. The molecule has 0 saturated heterocycles. The second-order valence-electron chi connectivity index (χ2n) is 6.76. The molecule has 4 aromatic rings. The van der Waals surface area contributed by atoms with Gasteiger partial charge in [-0.1, -0.05) is 24.3 Å². The zero-order chi connectivity index (χ0) is 20.2. The average molecular weight is 389 g/mol. The van der Waals surface area contributed by atoms with Crippen molar-refractivity contribution in [2.75, 3.05) is 0 Å². The van der Waals surface area contributed by atoms with E-state index >= 15 is 0 Å². The minimum atomic E-state index is -0.303. The van der Waals surface area contributed by atoms with Crippen molar-refractivity contribution in [2.45, 2.75) is 19.6 Å². The summed E-state index contributed by atoms with van der Waals surface area (Å²) in [5.74, 6) is 0.0619. The molecular weight excluding hydrogens is 369 g/mol. The number of hydrogen-bond donors (Lipinski definition) is 1. The van der Waals surface area contributed by atoms with Crippen LogP contribution in [0, 0.1) is 5.82 Å². The Morgan fingerprint density at radius 1 is 1.14 bits per heavy atom. The van der Waals surface area contributed by atoms with Crippen molar-refractivity contribution in [2.24, 2.45) is 0 Å². The Bertz CT molecular complexity index is 1110. The van der Waals surface area contributed by atoms with Gasteiger partial charge in [0.1, 0.15) is 23.8 Å². The topological polar surface area (TPSA) is 55.6 Å². The molecule has 1 atom stereocenters. The van der Waals surface area contributed by atoms with Crippen molar-refractivity contribution in [3.05, 3.63) is 102 Å². The smallest absolute Gasteiger partial charge is 0.251 e. The summed E-state index contributed by atoms with van der Waals surface area (Å²) >= 11 is 0. The molecule has 1 N–H and O–H groups in total. The molecule has 0 aliphatic heterocycles. The minimum Gasteiger partial charge on any atom is -0.487 e. The first-order valence-corrected chi connectivity index (χ1v) is 9.30. The van der Waals surface area contributed by atoms with Crippen LogP contribution in [-0.2, 0) is 6.61 Å². The SMILES string of the molecule is CC(NC(=O)c1cccc(OCc2cn3ccccc3n2)c1)c1ccc(F)cc1. The van der Waals surface area contributed by atoms with E-state index in [1.54, 1.807) is 36.4 Å². The monoisotopic (exact) mass is 389 g/mol. The largest absolute Gasteiger partial charge is 0.487 e. The highest BCUT2D eigenvalue weighted by Gasteiger charge is 2.12. The Morgan fingerprint density at radius 2 is 1.97 bits per heavy atom. The van der Waals surface area contributed by atoms with Crippen molar-refractivity contribution in [1.82, 2.24) is 14.7 Å². The lowest BCUT2D eigenvalue weighted by atomic mass is 10.1. The van der Waals surface area contributed by atoms with Crippen LogP contribution in [0.25, 0.3) is 5.65 Å². The van der Waals surface area contributed by atoms with E-state index in [9.17, 15) is 9.18 Å².